The van der Waals surface area contributed by atoms with E-state index in [2.05, 4.69) is 0 Å². The molecule has 0 saturated heterocycles. The second-order valence-corrected chi connectivity index (χ2v) is 5.92. The van der Waals surface area contributed by atoms with Crippen molar-refractivity contribution in [1.29, 1.82) is 0 Å². The molecule has 0 aromatic heterocycles. The highest BCUT2D eigenvalue weighted by Gasteiger charge is 2.16. The Kier molecular flexibility index (Phi) is 6.11. The lowest BCUT2D eigenvalue weighted by Crippen LogP contribution is -2.25. The number of benzene rings is 1. The van der Waals surface area contributed by atoms with Gasteiger partial charge in [0, 0.05) is 19.6 Å². The number of hydrogen-bond acceptors (Lipinski definition) is 3. The van der Waals surface area contributed by atoms with Crippen LogP contribution < -0.4 is 10.5 Å². The van der Waals surface area contributed by atoms with Gasteiger partial charge in [-0.1, -0.05) is 17.7 Å². The monoisotopic (exact) mass is 285 g/mol. The molecule has 0 heterocycles. The van der Waals surface area contributed by atoms with Crippen LogP contribution in [-0.4, -0.2) is 25.4 Å². The van der Waals surface area contributed by atoms with Crippen molar-refractivity contribution >= 4 is 11.6 Å². The molecule has 0 bridgehead atoms. The predicted octanol–water partition coefficient (Wildman–Crippen LogP) is 3.42. The number of hydrogen-bond donors (Lipinski definition) is 1. The topological polar surface area (TPSA) is 44.5 Å². The van der Waals surface area contributed by atoms with Gasteiger partial charge in [-0.15, -0.1) is 0 Å². The van der Waals surface area contributed by atoms with Gasteiger partial charge in [0.15, 0.2) is 0 Å². The summed E-state index contributed by atoms with van der Waals surface area (Å²) in [7, 11) is 1.70. The second-order valence-electron chi connectivity index (χ2n) is 5.51. The molecule has 1 aromatic rings. The maximum absolute atomic E-state index is 6.20. The van der Waals surface area contributed by atoms with E-state index in [-0.39, 0.29) is 11.6 Å². The van der Waals surface area contributed by atoms with E-state index < -0.39 is 0 Å². The van der Waals surface area contributed by atoms with Crippen molar-refractivity contribution in [3.8, 4) is 5.75 Å². The van der Waals surface area contributed by atoms with Crippen LogP contribution in [0.2, 0.25) is 5.02 Å². The van der Waals surface area contributed by atoms with Crippen molar-refractivity contribution in [1.82, 2.24) is 0 Å². The minimum atomic E-state index is -0.179. The van der Waals surface area contributed by atoms with E-state index >= 15 is 0 Å². The van der Waals surface area contributed by atoms with E-state index in [0.29, 0.717) is 17.4 Å². The highest BCUT2D eigenvalue weighted by atomic mass is 35.5. The Morgan fingerprint density at radius 1 is 1.37 bits per heavy atom. The van der Waals surface area contributed by atoms with Crippen molar-refractivity contribution in [3.63, 3.8) is 0 Å². The number of methoxy groups -OCH3 is 1. The summed E-state index contributed by atoms with van der Waals surface area (Å²) < 4.78 is 11.0. The summed E-state index contributed by atoms with van der Waals surface area (Å²) in [6, 6.07) is 5.96. The summed E-state index contributed by atoms with van der Waals surface area (Å²) in [6.07, 6.45) is 1.62. The highest BCUT2D eigenvalue weighted by molar-refractivity contribution is 6.32. The van der Waals surface area contributed by atoms with E-state index in [4.69, 9.17) is 26.8 Å². The molecule has 0 spiro atoms. The van der Waals surface area contributed by atoms with Crippen LogP contribution in [0.15, 0.2) is 18.2 Å². The number of ether oxygens (including phenoxy) is 2. The highest BCUT2D eigenvalue weighted by Crippen LogP contribution is 2.26. The first-order valence-electron chi connectivity index (χ1n) is 6.56. The molecule has 0 aliphatic heterocycles. The van der Waals surface area contributed by atoms with Crippen molar-refractivity contribution < 1.29 is 9.47 Å². The van der Waals surface area contributed by atoms with Crippen LogP contribution >= 0.6 is 11.6 Å². The molecule has 1 aromatic carbocycles. The van der Waals surface area contributed by atoms with Crippen LogP contribution in [0.3, 0.4) is 0 Å². The summed E-state index contributed by atoms with van der Waals surface area (Å²) in [5.41, 5.74) is 6.72. The van der Waals surface area contributed by atoms with Crippen LogP contribution in [0.4, 0.5) is 0 Å². The molecule has 19 heavy (non-hydrogen) atoms. The van der Waals surface area contributed by atoms with Crippen LogP contribution in [-0.2, 0) is 11.2 Å². The molecule has 4 heteroatoms. The van der Waals surface area contributed by atoms with Gasteiger partial charge >= 0.3 is 0 Å². The molecular weight excluding hydrogens is 262 g/mol. The van der Waals surface area contributed by atoms with E-state index in [1.165, 1.54) is 0 Å². The third-order valence-electron chi connectivity index (χ3n) is 3.07. The van der Waals surface area contributed by atoms with Gasteiger partial charge in [0.25, 0.3) is 0 Å². The fourth-order valence-electron chi connectivity index (χ4n) is 1.67. The maximum Gasteiger partial charge on any atom is 0.137 e. The number of halogens is 1. The molecular formula is C15H24ClNO2. The zero-order valence-electron chi connectivity index (χ0n) is 12.2. The molecule has 1 atom stereocenters. The largest absolute Gasteiger partial charge is 0.492 e. The average molecular weight is 286 g/mol. The molecule has 3 nitrogen and oxygen atoms in total. The molecule has 0 fully saturated rings. The summed E-state index contributed by atoms with van der Waals surface area (Å²) in [4.78, 5) is 0. The fourth-order valence-corrected chi connectivity index (χ4v) is 1.93. The Hall–Kier alpha value is -0.770. The molecule has 0 amide bonds. The van der Waals surface area contributed by atoms with Crippen LogP contribution in [0.1, 0.15) is 32.8 Å². The fraction of sp³-hybridized carbons (Fsp3) is 0.600. The normalized spacial score (nSPS) is 13.4. The third-order valence-corrected chi connectivity index (χ3v) is 3.36. The quantitative estimate of drug-likeness (QED) is 0.835. The maximum atomic E-state index is 6.20. The van der Waals surface area contributed by atoms with Crippen molar-refractivity contribution in [2.45, 2.75) is 45.3 Å². The Morgan fingerprint density at radius 3 is 2.58 bits per heavy atom. The first-order valence-corrected chi connectivity index (χ1v) is 6.94. The third kappa shape index (κ3) is 5.81. The molecule has 0 aliphatic rings. The molecule has 0 saturated carbocycles. The first kappa shape index (κ1) is 16.3. The minimum absolute atomic E-state index is 0.130. The lowest BCUT2D eigenvalue weighted by molar-refractivity contribution is 0.00546. The molecule has 0 aliphatic carbocycles. The Balaban J connectivity index is 2.55. The van der Waals surface area contributed by atoms with E-state index in [1.54, 1.807) is 7.11 Å². The summed E-state index contributed by atoms with van der Waals surface area (Å²) >= 11 is 6.20. The summed E-state index contributed by atoms with van der Waals surface area (Å²) in [5, 5.41) is 0.633. The Labute approximate surface area is 121 Å². The molecule has 0 radical (unpaired) electrons. The smallest absolute Gasteiger partial charge is 0.137 e. The molecule has 1 unspecified atom stereocenters. The van der Waals surface area contributed by atoms with Crippen molar-refractivity contribution in [3.05, 3.63) is 28.8 Å². The summed E-state index contributed by atoms with van der Waals surface area (Å²) in [6.45, 7) is 6.62. The Bertz CT molecular complexity index is 405. The standard InChI is InChI=1S/C15H24ClNO2/c1-11(17)9-12-5-6-14(13(16)10-12)19-8-7-15(2,3)18-4/h5-6,10-11H,7-9,17H2,1-4H3. The minimum Gasteiger partial charge on any atom is -0.492 e. The van der Waals surface area contributed by atoms with Crippen molar-refractivity contribution in [2.24, 2.45) is 5.73 Å². The van der Waals surface area contributed by atoms with E-state index in [0.717, 1.165) is 18.4 Å². The van der Waals surface area contributed by atoms with Crippen LogP contribution in [0, 0.1) is 0 Å². The molecule has 2 N–H and O–H groups in total. The Morgan fingerprint density at radius 2 is 2.05 bits per heavy atom. The van der Waals surface area contributed by atoms with Crippen molar-refractivity contribution in [2.75, 3.05) is 13.7 Å². The SMILES string of the molecule is COC(C)(C)CCOc1ccc(CC(C)N)cc1Cl. The van der Waals surface area contributed by atoms with Gasteiger partial charge in [-0.05, 0) is 44.9 Å². The van der Waals surface area contributed by atoms with Gasteiger partial charge in [-0.2, -0.15) is 0 Å². The second kappa shape index (κ2) is 7.13. The first-order chi connectivity index (χ1) is 8.84. The van der Waals surface area contributed by atoms with Gasteiger partial charge in [0.1, 0.15) is 5.75 Å². The molecule has 108 valence electrons. The number of rotatable bonds is 7. The van der Waals surface area contributed by atoms with Crippen LogP contribution in [0.5, 0.6) is 5.75 Å². The van der Waals surface area contributed by atoms with Gasteiger partial charge in [0.2, 0.25) is 0 Å². The average Bonchev–Trinajstić information content (AvgIpc) is 2.31. The molecule has 1 rings (SSSR count). The number of nitrogens with two attached hydrogens (primary N) is 1. The lowest BCUT2D eigenvalue weighted by Gasteiger charge is -2.22. The van der Waals surface area contributed by atoms with Gasteiger partial charge in [0.05, 0.1) is 17.2 Å². The van der Waals surface area contributed by atoms with E-state index in [1.807, 2.05) is 39.0 Å². The lowest BCUT2D eigenvalue weighted by atomic mass is 10.1. The zero-order chi connectivity index (χ0) is 14.5. The van der Waals surface area contributed by atoms with E-state index in [9.17, 15) is 0 Å². The van der Waals surface area contributed by atoms with Gasteiger partial charge in [-0.25, -0.2) is 0 Å². The van der Waals surface area contributed by atoms with Gasteiger partial charge < -0.3 is 15.2 Å². The predicted molar refractivity (Wildman–Crippen MR) is 80.0 cm³/mol. The zero-order valence-corrected chi connectivity index (χ0v) is 13.0. The summed E-state index contributed by atoms with van der Waals surface area (Å²) in [5.74, 6) is 0.710. The van der Waals surface area contributed by atoms with Crippen LogP contribution in [0.25, 0.3) is 0 Å². The van der Waals surface area contributed by atoms with Gasteiger partial charge in [-0.3, -0.25) is 0 Å².